The molecule has 5 heteroatoms. The molecule has 0 aliphatic heterocycles. The smallest absolute Gasteiger partial charge is 0.240 e. The maximum atomic E-state index is 12.4. The van der Waals surface area contributed by atoms with Gasteiger partial charge in [0.1, 0.15) is 5.78 Å². The second-order valence-electron chi connectivity index (χ2n) is 5.67. The minimum Gasteiger partial charge on any atom is -0.302 e. The molecule has 0 aromatic heterocycles. The van der Waals surface area contributed by atoms with Crippen molar-refractivity contribution in [3.63, 3.8) is 0 Å². The molecule has 0 heterocycles. The van der Waals surface area contributed by atoms with E-state index in [1.807, 2.05) is 0 Å². The zero-order valence-electron chi connectivity index (χ0n) is 13.1. The predicted octanol–water partition coefficient (Wildman–Crippen LogP) is 1.43. The summed E-state index contributed by atoms with van der Waals surface area (Å²) in [5.74, 6) is 5.65. The standard InChI is InChI=1S/C15H29N3O2/c1-4-17(5-2)10-11-18(16)15(20)14-9-7-6-8-13(14)12(3)19/h13-14H,4-11,16H2,1-3H3/t13-,14-/m0/s1. The molecule has 116 valence electrons. The molecule has 20 heavy (non-hydrogen) atoms. The van der Waals surface area contributed by atoms with E-state index in [1.165, 1.54) is 5.01 Å². The van der Waals surface area contributed by atoms with Gasteiger partial charge in [0.25, 0.3) is 0 Å². The van der Waals surface area contributed by atoms with E-state index in [4.69, 9.17) is 5.84 Å². The maximum Gasteiger partial charge on any atom is 0.240 e. The lowest BCUT2D eigenvalue weighted by molar-refractivity contribution is -0.142. The molecule has 1 aliphatic rings. The summed E-state index contributed by atoms with van der Waals surface area (Å²) in [7, 11) is 0. The normalized spacial score (nSPS) is 22.9. The summed E-state index contributed by atoms with van der Waals surface area (Å²) < 4.78 is 0. The second-order valence-corrected chi connectivity index (χ2v) is 5.67. The van der Waals surface area contributed by atoms with Crippen molar-refractivity contribution < 1.29 is 9.59 Å². The second kappa shape index (κ2) is 8.37. The van der Waals surface area contributed by atoms with Crippen LogP contribution in [0.25, 0.3) is 0 Å². The van der Waals surface area contributed by atoms with Crippen molar-refractivity contribution in [1.29, 1.82) is 0 Å². The van der Waals surface area contributed by atoms with E-state index in [0.29, 0.717) is 6.54 Å². The van der Waals surface area contributed by atoms with Gasteiger partial charge in [-0.15, -0.1) is 0 Å². The highest BCUT2D eigenvalue weighted by Crippen LogP contribution is 2.31. The van der Waals surface area contributed by atoms with Gasteiger partial charge < -0.3 is 4.90 Å². The lowest BCUT2D eigenvalue weighted by atomic mass is 9.76. The van der Waals surface area contributed by atoms with Crippen LogP contribution in [-0.4, -0.2) is 47.8 Å². The average molecular weight is 283 g/mol. The van der Waals surface area contributed by atoms with Crippen LogP contribution in [0.1, 0.15) is 46.5 Å². The molecule has 1 fully saturated rings. The molecular weight excluding hydrogens is 254 g/mol. The van der Waals surface area contributed by atoms with Gasteiger partial charge in [-0.1, -0.05) is 26.7 Å². The number of nitrogens with two attached hydrogens (primary N) is 1. The van der Waals surface area contributed by atoms with Crippen LogP contribution in [0.2, 0.25) is 0 Å². The van der Waals surface area contributed by atoms with Crippen molar-refractivity contribution in [1.82, 2.24) is 9.91 Å². The third kappa shape index (κ3) is 4.56. The van der Waals surface area contributed by atoms with Crippen molar-refractivity contribution >= 4 is 11.7 Å². The number of nitrogens with zero attached hydrogens (tertiary/aromatic N) is 2. The largest absolute Gasteiger partial charge is 0.302 e. The van der Waals surface area contributed by atoms with E-state index in [-0.39, 0.29) is 23.5 Å². The summed E-state index contributed by atoms with van der Waals surface area (Å²) in [6.07, 6.45) is 3.68. The van der Waals surface area contributed by atoms with Gasteiger partial charge in [-0.2, -0.15) is 0 Å². The van der Waals surface area contributed by atoms with E-state index in [1.54, 1.807) is 6.92 Å². The molecule has 0 unspecified atom stereocenters. The molecule has 0 aromatic carbocycles. The Labute approximate surface area is 122 Å². The van der Waals surface area contributed by atoms with Gasteiger partial charge >= 0.3 is 0 Å². The molecule has 0 aromatic rings. The molecule has 0 bridgehead atoms. The number of hydrazine groups is 1. The minimum absolute atomic E-state index is 0.0583. The first-order valence-electron chi connectivity index (χ1n) is 7.80. The SMILES string of the molecule is CCN(CC)CCN(N)C(=O)[C@H]1CCCC[C@H]1C(C)=O. The molecule has 2 N–H and O–H groups in total. The number of hydrogen-bond donors (Lipinski definition) is 1. The Hall–Kier alpha value is -0.940. The summed E-state index contributed by atoms with van der Waals surface area (Å²) in [5.41, 5.74) is 0. The van der Waals surface area contributed by atoms with Crippen molar-refractivity contribution in [2.45, 2.75) is 46.5 Å². The van der Waals surface area contributed by atoms with Crippen LogP contribution in [0.5, 0.6) is 0 Å². The summed E-state index contributed by atoms with van der Waals surface area (Å²) >= 11 is 0. The lowest BCUT2D eigenvalue weighted by Crippen LogP contribution is -2.48. The highest BCUT2D eigenvalue weighted by molar-refractivity contribution is 5.87. The number of Topliss-reactive ketones (excluding diaryl/α,β-unsaturated/α-hetero) is 1. The topological polar surface area (TPSA) is 66.6 Å². The third-order valence-electron chi connectivity index (χ3n) is 4.44. The first-order valence-corrected chi connectivity index (χ1v) is 7.80. The van der Waals surface area contributed by atoms with Gasteiger partial charge in [0.15, 0.2) is 0 Å². The van der Waals surface area contributed by atoms with E-state index in [2.05, 4.69) is 18.7 Å². The van der Waals surface area contributed by atoms with Gasteiger partial charge in [-0.3, -0.25) is 14.6 Å². The fourth-order valence-corrected chi connectivity index (χ4v) is 3.03. The van der Waals surface area contributed by atoms with E-state index >= 15 is 0 Å². The highest BCUT2D eigenvalue weighted by Gasteiger charge is 2.35. The zero-order valence-corrected chi connectivity index (χ0v) is 13.1. The van der Waals surface area contributed by atoms with Crippen LogP contribution in [0, 0.1) is 11.8 Å². The summed E-state index contributed by atoms with van der Waals surface area (Å²) in [6.45, 7) is 9.01. The Bertz CT molecular complexity index is 329. The Morgan fingerprint density at radius 2 is 1.60 bits per heavy atom. The quantitative estimate of drug-likeness (QED) is 0.436. The van der Waals surface area contributed by atoms with Crippen LogP contribution in [0.3, 0.4) is 0 Å². The van der Waals surface area contributed by atoms with E-state index in [0.717, 1.165) is 45.3 Å². The van der Waals surface area contributed by atoms with Gasteiger partial charge in [0, 0.05) is 24.9 Å². The average Bonchev–Trinajstić information content (AvgIpc) is 2.47. The minimum atomic E-state index is -0.206. The molecule has 1 amide bonds. The van der Waals surface area contributed by atoms with E-state index < -0.39 is 0 Å². The molecule has 0 radical (unpaired) electrons. The number of hydrogen-bond acceptors (Lipinski definition) is 4. The van der Waals surface area contributed by atoms with Crippen molar-refractivity contribution in [3.8, 4) is 0 Å². The monoisotopic (exact) mass is 283 g/mol. The van der Waals surface area contributed by atoms with E-state index in [9.17, 15) is 9.59 Å². The van der Waals surface area contributed by atoms with Crippen LogP contribution < -0.4 is 5.84 Å². The molecule has 0 saturated heterocycles. The van der Waals surface area contributed by atoms with Crippen LogP contribution in [-0.2, 0) is 9.59 Å². The van der Waals surface area contributed by atoms with Gasteiger partial charge in [0.05, 0.1) is 0 Å². The zero-order chi connectivity index (χ0) is 15.1. The molecule has 1 rings (SSSR count). The Morgan fingerprint density at radius 1 is 1.05 bits per heavy atom. The lowest BCUT2D eigenvalue weighted by Gasteiger charge is -2.32. The fourth-order valence-electron chi connectivity index (χ4n) is 3.03. The number of ketones is 1. The molecule has 2 atom stereocenters. The van der Waals surface area contributed by atoms with Gasteiger partial charge in [-0.05, 0) is 32.9 Å². The van der Waals surface area contributed by atoms with Crippen LogP contribution in [0.15, 0.2) is 0 Å². The van der Waals surface area contributed by atoms with Crippen molar-refractivity contribution in [3.05, 3.63) is 0 Å². The predicted molar refractivity (Wildman–Crippen MR) is 79.8 cm³/mol. The molecular formula is C15H29N3O2. The molecule has 1 aliphatic carbocycles. The molecule has 1 saturated carbocycles. The van der Waals surface area contributed by atoms with Gasteiger partial charge in [-0.25, -0.2) is 5.84 Å². The summed E-state index contributed by atoms with van der Waals surface area (Å²) in [5, 5.41) is 1.32. The number of carbonyl (C=O) groups is 2. The third-order valence-corrected chi connectivity index (χ3v) is 4.44. The molecule has 0 spiro atoms. The van der Waals surface area contributed by atoms with Crippen molar-refractivity contribution in [2.24, 2.45) is 17.7 Å². The maximum absolute atomic E-state index is 12.4. The van der Waals surface area contributed by atoms with Gasteiger partial charge in [0.2, 0.25) is 5.91 Å². The number of rotatable bonds is 7. The number of amides is 1. The number of likely N-dealkylation sites (N-methyl/N-ethyl adjacent to an activating group) is 1. The Kier molecular flexibility index (Phi) is 7.16. The first kappa shape index (κ1) is 17.1. The van der Waals surface area contributed by atoms with Crippen LogP contribution in [0.4, 0.5) is 0 Å². The Balaban J connectivity index is 2.55. The summed E-state index contributed by atoms with van der Waals surface area (Å²) in [6, 6.07) is 0. The first-order chi connectivity index (χ1) is 9.51. The molecule has 5 nitrogen and oxygen atoms in total. The summed E-state index contributed by atoms with van der Waals surface area (Å²) in [4.78, 5) is 26.3. The highest BCUT2D eigenvalue weighted by atomic mass is 16.2. The number of carbonyl (C=O) groups excluding carboxylic acids is 2. The van der Waals surface area contributed by atoms with Crippen LogP contribution >= 0.6 is 0 Å². The Morgan fingerprint density at radius 3 is 2.10 bits per heavy atom. The fraction of sp³-hybridized carbons (Fsp3) is 0.867. The van der Waals surface area contributed by atoms with Crippen molar-refractivity contribution in [2.75, 3.05) is 26.2 Å².